The van der Waals surface area contributed by atoms with Crippen LogP contribution in [0.25, 0.3) is 11.0 Å². The largest absolute Gasteiger partial charge is 0.497 e. The van der Waals surface area contributed by atoms with Gasteiger partial charge in [-0.15, -0.1) is 0 Å². The quantitative estimate of drug-likeness (QED) is 0.344. The van der Waals surface area contributed by atoms with Crippen molar-refractivity contribution in [2.24, 2.45) is 0 Å². The standard InChI is InChI=1S/C28H22FNO5/c1-3-14-34-21-11-6-18(7-12-21)25-24-26(31)22-15-19(29)8-13-23(22)35-27(24)28(32)30(25)16-17-4-9-20(33-2)10-5-17/h3-13,15,25H,1,14,16H2,2H3. The zero-order valence-corrected chi connectivity index (χ0v) is 19.0. The lowest BCUT2D eigenvalue weighted by Gasteiger charge is -2.25. The molecule has 1 unspecified atom stereocenters. The Morgan fingerprint density at radius 3 is 2.43 bits per heavy atom. The van der Waals surface area contributed by atoms with Gasteiger partial charge < -0.3 is 18.8 Å². The molecule has 35 heavy (non-hydrogen) atoms. The van der Waals surface area contributed by atoms with Gasteiger partial charge in [-0.05, 0) is 53.6 Å². The zero-order valence-electron chi connectivity index (χ0n) is 19.0. The Bertz CT molecular complexity index is 1470. The molecule has 1 aliphatic rings. The van der Waals surface area contributed by atoms with E-state index in [1.165, 1.54) is 12.1 Å². The number of hydrogen-bond donors (Lipinski definition) is 0. The average molecular weight is 471 g/mol. The van der Waals surface area contributed by atoms with E-state index in [0.717, 1.165) is 11.6 Å². The molecule has 5 rings (SSSR count). The van der Waals surface area contributed by atoms with E-state index in [0.29, 0.717) is 23.7 Å². The summed E-state index contributed by atoms with van der Waals surface area (Å²) in [6, 6.07) is 17.5. The predicted molar refractivity (Wildman–Crippen MR) is 129 cm³/mol. The molecule has 0 aliphatic carbocycles. The summed E-state index contributed by atoms with van der Waals surface area (Å²) in [6.45, 7) is 4.23. The number of fused-ring (bicyclic) bond motifs is 2. The Labute approximate surface area is 200 Å². The number of methoxy groups -OCH3 is 1. The molecule has 6 nitrogen and oxygen atoms in total. The van der Waals surface area contributed by atoms with Crippen LogP contribution in [-0.2, 0) is 6.54 Å². The van der Waals surface area contributed by atoms with Crippen molar-refractivity contribution in [3.63, 3.8) is 0 Å². The van der Waals surface area contributed by atoms with Crippen molar-refractivity contribution in [1.29, 1.82) is 0 Å². The summed E-state index contributed by atoms with van der Waals surface area (Å²) in [5.74, 6) is 0.342. The van der Waals surface area contributed by atoms with E-state index in [4.69, 9.17) is 13.9 Å². The fraction of sp³-hybridized carbons (Fsp3) is 0.143. The molecule has 0 fully saturated rings. The Hall–Kier alpha value is -4.39. The monoisotopic (exact) mass is 471 g/mol. The highest BCUT2D eigenvalue weighted by Gasteiger charge is 2.42. The molecule has 0 saturated carbocycles. The molecular weight excluding hydrogens is 449 g/mol. The van der Waals surface area contributed by atoms with Gasteiger partial charge in [-0.3, -0.25) is 9.59 Å². The van der Waals surface area contributed by atoms with E-state index in [1.807, 2.05) is 36.4 Å². The Morgan fingerprint density at radius 2 is 1.74 bits per heavy atom. The number of carbonyl (C=O) groups is 1. The highest BCUT2D eigenvalue weighted by molar-refractivity contribution is 5.99. The zero-order chi connectivity index (χ0) is 24.5. The van der Waals surface area contributed by atoms with Gasteiger partial charge in [-0.25, -0.2) is 4.39 Å². The fourth-order valence-electron chi connectivity index (χ4n) is 4.33. The molecule has 176 valence electrons. The number of ether oxygens (including phenoxy) is 2. The van der Waals surface area contributed by atoms with Crippen LogP contribution in [0.2, 0.25) is 0 Å². The summed E-state index contributed by atoms with van der Waals surface area (Å²) >= 11 is 0. The van der Waals surface area contributed by atoms with Gasteiger partial charge in [0.05, 0.1) is 24.1 Å². The van der Waals surface area contributed by atoms with Crippen molar-refractivity contribution in [1.82, 2.24) is 4.90 Å². The maximum atomic E-state index is 13.9. The van der Waals surface area contributed by atoms with E-state index in [9.17, 15) is 14.0 Å². The molecule has 7 heteroatoms. The first kappa shape index (κ1) is 22.4. The SMILES string of the molecule is C=CCOc1ccc(C2c3c(oc4ccc(F)cc4c3=O)C(=O)N2Cc2ccc(OC)cc2)cc1. The third-order valence-electron chi connectivity index (χ3n) is 6.00. The van der Waals surface area contributed by atoms with Crippen LogP contribution < -0.4 is 14.9 Å². The first-order chi connectivity index (χ1) is 17.0. The first-order valence-electron chi connectivity index (χ1n) is 11.0. The molecule has 0 radical (unpaired) electrons. The molecule has 0 spiro atoms. The second-order valence-electron chi connectivity index (χ2n) is 8.17. The van der Waals surface area contributed by atoms with Gasteiger partial charge in [0, 0.05) is 6.54 Å². The summed E-state index contributed by atoms with van der Waals surface area (Å²) < 4.78 is 30.6. The smallest absolute Gasteiger partial charge is 0.291 e. The number of halogens is 1. The van der Waals surface area contributed by atoms with Crippen LogP contribution in [0.5, 0.6) is 11.5 Å². The minimum atomic E-state index is -0.711. The Morgan fingerprint density at radius 1 is 1.03 bits per heavy atom. The molecule has 4 aromatic rings. The van der Waals surface area contributed by atoms with Crippen LogP contribution in [0.1, 0.15) is 33.3 Å². The maximum absolute atomic E-state index is 13.9. The van der Waals surface area contributed by atoms with Crippen LogP contribution >= 0.6 is 0 Å². The molecule has 0 bridgehead atoms. The average Bonchev–Trinajstić information content (AvgIpc) is 3.15. The summed E-state index contributed by atoms with van der Waals surface area (Å²) in [6.07, 6.45) is 1.64. The van der Waals surface area contributed by atoms with Crippen LogP contribution in [0, 0.1) is 5.82 Å². The van der Waals surface area contributed by atoms with Crippen LogP contribution in [0.15, 0.2) is 88.6 Å². The lowest BCUT2D eigenvalue weighted by molar-refractivity contribution is 0.0714. The Balaban J connectivity index is 1.63. The van der Waals surface area contributed by atoms with E-state index in [1.54, 1.807) is 30.2 Å². The van der Waals surface area contributed by atoms with Gasteiger partial charge in [0.25, 0.3) is 5.91 Å². The Kier molecular flexibility index (Phi) is 5.82. The lowest BCUT2D eigenvalue weighted by atomic mass is 9.98. The summed E-state index contributed by atoms with van der Waals surface area (Å²) in [5.41, 5.74) is 1.50. The molecule has 0 N–H and O–H groups in total. The molecule has 1 aromatic heterocycles. The van der Waals surface area contributed by atoms with Gasteiger partial charge in [-0.2, -0.15) is 0 Å². The number of carbonyl (C=O) groups excluding carboxylic acids is 1. The first-order valence-corrected chi connectivity index (χ1v) is 11.0. The summed E-state index contributed by atoms with van der Waals surface area (Å²) in [7, 11) is 1.58. The molecule has 2 heterocycles. The molecule has 1 amide bonds. The number of rotatable bonds is 7. The van der Waals surface area contributed by atoms with E-state index < -0.39 is 23.2 Å². The van der Waals surface area contributed by atoms with Crippen molar-refractivity contribution in [3.8, 4) is 11.5 Å². The van der Waals surface area contributed by atoms with Crippen LogP contribution in [0.3, 0.4) is 0 Å². The molecule has 1 aliphatic heterocycles. The van der Waals surface area contributed by atoms with Crippen molar-refractivity contribution >= 4 is 16.9 Å². The van der Waals surface area contributed by atoms with Gasteiger partial charge in [0.2, 0.25) is 5.76 Å². The fourth-order valence-corrected chi connectivity index (χ4v) is 4.33. The highest BCUT2D eigenvalue weighted by atomic mass is 19.1. The van der Waals surface area contributed by atoms with Crippen molar-refractivity contribution < 1.29 is 23.1 Å². The number of nitrogens with zero attached hydrogens (tertiary/aromatic N) is 1. The van der Waals surface area contributed by atoms with Crippen molar-refractivity contribution in [3.05, 3.63) is 118 Å². The third kappa shape index (κ3) is 4.05. The number of amides is 1. The molecule has 1 atom stereocenters. The second-order valence-corrected chi connectivity index (χ2v) is 8.17. The molecular formula is C28H22FNO5. The minimum absolute atomic E-state index is 0.0281. The lowest BCUT2D eigenvalue weighted by Crippen LogP contribution is -2.29. The third-order valence-corrected chi connectivity index (χ3v) is 6.00. The number of benzene rings is 3. The van der Waals surface area contributed by atoms with Gasteiger partial charge >= 0.3 is 0 Å². The van der Waals surface area contributed by atoms with Gasteiger partial charge in [-0.1, -0.05) is 36.9 Å². The van der Waals surface area contributed by atoms with Crippen molar-refractivity contribution in [2.75, 3.05) is 13.7 Å². The number of hydrogen-bond acceptors (Lipinski definition) is 5. The van der Waals surface area contributed by atoms with Gasteiger partial charge in [0.15, 0.2) is 5.43 Å². The molecule has 0 saturated heterocycles. The van der Waals surface area contributed by atoms with Crippen LogP contribution in [0.4, 0.5) is 4.39 Å². The summed E-state index contributed by atoms with van der Waals surface area (Å²) in [4.78, 5) is 28.7. The second kappa shape index (κ2) is 9.10. The van der Waals surface area contributed by atoms with E-state index in [2.05, 4.69) is 6.58 Å². The van der Waals surface area contributed by atoms with Gasteiger partial charge in [0.1, 0.15) is 29.5 Å². The normalized spacial score (nSPS) is 14.7. The maximum Gasteiger partial charge on any atom is 0.291 e. The predicted octanol–water partition coefficient (Wildman–Crippen LogP) is 5.25. The van der Waals surface area contributed by atoms with Crippen molar-refractivity contribution in [2.45, 2.75) is 12.6 Å². The summed E-state index contributed by atoms with van der Waals surface area (Å²) in [5, 5.41) is 0.0961. The molecule has 3 aromatic carbocycles. The minimum Gasteiger partial charge on any atom is -0.497 e. The highest BCUT2D eigenvalue weighted by Crippen LogP contribution is 2.39. The van der Waals surface area contributed by atoms with E-state index >= 15 is 0 Å². The van der Waals surface area contributed by atoms with Crippen LogP contribution in [-0.4, -0.2) is 24.5 Å². The van der Waals surface area contributed by atoms with E-state index in [-0.39, 0.29) is 28.8 Å². The topological polar surface area (TPSA) is 69.0 Å².